The summed E-state index contributed by atoms with van der Waals surface area (Å²) in [5, 5.41) is 27.7. The molecule has 0 fully saturated rings. The number of phenolic OH excluding ortho intramolecular Hbond substituents is 2. The summed E-state index contributed by atoms with van der Waals surface area (Å²) in [6.45, 7) is 5.66. The van der Waals surface area contributed by atoms with E-state index in [4.69, 9.17) is 5.41 Å². The summed E-state index contributed by atoms with van der Waals surface area (Å²) < 4.78 is 0. The van der Waals surface area contributed by atoms with Gasteiger partial charge in [0.15, 0.2) is 0 Å². The molecule has 0 aliphatic rings. The Balaban J connectivity index is 3.37. The number of benzene rings is 1. The fraction of sp³-hybridized carbons (Fsp3) is 0.462. The first-order valence-corrected chi connectivity index (χ1v) is 5.65. The predicted octanol–water partition coefficient (Wildman–Crippen LogP) is 3.14. The zero-order chi connectivity index (χ0) is 12.3. The molecule has 1 aromatic rings. The molecular weight excluding hydrogens is 202 g/mol. The fourth-order valence-corrected chi connectivity index (χ4v) is 1.77. The Hall–Kier alpha value is -1.51. The van der Waals surface area contributed by atoms with Crippen LogP contribution in [0, 0.1) is 12.3 Å². The van der Waals surface area contributed by atoms with Gasteiger partial charge in [-0.15, -0.1) is 0 Å². The molecule has 0 spiro atoms. The molecule has 0 heterocycles. The highest BCUT2D eigenvalue weighted by atomic mass is 16.3. The first kappa shape index (κ1) is 12.6. The number of aryl methyl sites for hydroxylation is 1. The van der Waals surface area contributed by atoms with Crippen LogP contribution < -0.4 is 0 Å². The SMILES string of the molecule is CCCc1c(O)c(C)cc(C(=N)CC)c1O. The summed E-state index contributed by atoms with van der Waals surface area (Å²) in [5.41, 5.74) is 2.23. The van der Waals surface area contributed by atoms with Gasteiger partial charge >= 0.3 is 0 Å². The van der Waals surface area contributed by atoms with Gasteiger partial charge in [0.2, 0.25) is 0 Å². The molecule has 0 bridgehead atoms. The first-order chi connectivity index (χ1) is 7.52. The molecule has 3 N–H and O–H groups in total. The lowest BCUT2D eigenvalue weighted by Crippen LogP contribution is -2.01. The molecule has 0 atom stereocenters. The highest BCUT2D eigenvalue weighted by molar-refractivity contribution is 6.01. The summed E-state index contributed by atoms with van der Waals surface area (Å²) in [7, 11) is 0. The lowest BCUT2D eigenvalue weighted by molar-refractivity contribution is 0.434. The van der Waals surface area contributed by atoms with Crippen LogP contribution in [0.3, 0.4) is 0 Å². The van der Waals surface area contributed by atoms with Gasteiger partial charge in [-0.05, 0) is 31.4 Å². The Labute approximate surface area is 96.3 Å². The monoisotopic (exact) mass is 221 g/mol. The van der Waals surface area contributed by atoms with Crippen molar-refractivity contribution in [1.82, 2.24) is 0 Å². The number of phenols is 2. The number of rotatable bonds is 4. The van der Waals surface area contributed by atoms with Gasteiger partial charge in [0.05, 0.1) is 0 Å². The van der Waals surface area contributed by atoms with E-state index in [1.54, 1.807) is 13.0 Å². The van der Waals surface area contributed by atoms with Gasteiger partial charge in [-0.3, -0.25) is 0 Å². The second-order valence-corrected chi connectivity index (χ2v) is 4.00. The van der Waals surface area contributed by atoms with Crippen LogP contribution in [0.2, 0.25) is 0 Å². The van der Waals surface area contributed by atoms with E-state index < -0.39 is 0 Å². The molecule has 1 rings (SSSR count). The van der Waals surface area contributed by atoms with Gasteiger partial charge in [-0.2, -0.15) is 0 Å². The molecule has 0 amide bonds. The maximum Gasteiger partial charge on any atom is 0.131 e. The van der Waals surface area contributed by atoms with Crippen LogP contribution in [-0.2, 0) is 6.42 Å². The van der Waals surface area contributed by atoms with Crippen molar-refractivity contribution in [2.45, 2.75) is 40.0 Å². The fourth-order valence-electron chi connectivity index (χ4n) is 1.77. The third kappa shape index (κ3) is 2.18. The topological polar surface area (TPSA) is 64.3 Å². The average Bonchev–Trinajstić information content (AvgIpc) is 2.28. The van der Waals surface area contributed by atoms with Crippen molar-refractivity contribution in [2.75, 3.05) is 0 Å². The molecule has 1 aromatic carbocycles. The second-order valence-electron chi connectivity index (χ2n) is 4.00. The Bertz CT molecular complexity index is 411. The Morgan fingerprint density at radius 3 is 2.38 bits per heavy atom. The van der Waals surface area contributed by atoms with Crippen LogP contribution in [0.4, 0.5) is 0 Å². The van der Waals surface area contributed by atoms with Crippen LogP contribution in [0.25, 0.3) is 0 Å². The van der Waals surface area contributed by atoms with Gasteiger partial charge < -0.3 is 15.6 Å². The summed E-state index contributed by atoms with van der Waals surface area (Å²) in [4.78, 5) is 0. The number of hydrogen-bond acceptors (Lipinski definition) is 3. The van der Waals surface area contributed by atoms with E-state index in [9.17, 15) is 10.2 Å². The van der Waals surface area contributed by atoms with Crippen molar-refractivity contribution in [1.29, 1.82) is 5.41 Å². The van der Waals surface area contributed by atoms with Crippen molar-refractivity contribution < 1.29 is 10.2 Å². The Morgan fingerprint density at radius 2 is 1.88 bits per heavy atom. The normalized spacial score (nSPS) is 10.4. The predicted molar refractivity (Wildman–Crippen MR) is 65.6 cm³/mol. The molecule has 0 aliphatic carbocycles. The van der Waals surface area contributed by atoms with E-state index in [2.05, 4.69) is 0 Å². The van der Waals surface area contributed by atoms with E-state index in [0.717, 1.165) is 12.0 Å². The van der Waals surface area contributed by atoms with Crippen LogP contribution >= 0.6 is 0 Å². The van der Waals surface area contributed by atoms with Gasteiger partial charge in [0, 0.05) is 16.8 Å². The van der Waals surface area contributed by atoms with E-state index in [1.165, 1.54) is 0 Å². The molecule has 3 nitrogen and oxygen atoms in total. The van der Waals surface area contributed by atoms with Gasteiger partial charge in [0.1, 0.15) is 11.5 Å². The van der Waals surface area contributed by atoms with Gasteiger partial charge in [-0.1, -0.05) is 20.3 Å². The molecule has 3 heteroatoms. The van der Waals surface area contributed by atoms with E-state index in [-0.39, 0.29) is 11.5 Å². The minimum absolute atomic E-state index is 0.0665. The molecule has 0 saturated carbocycles. The lowest BCUT2D eigenvalue weighted by atomic mass is 9.96. The summed E-state index contributed by atoms with van der Waals surface area (Å²) in [6.07, 6.45) is 2.05. The minimum atomic E-state index is 0.0665. The standard InChI is InChI=1S/C13H19NO2/c1-4-6-9-12(15)8(3)7-10(13(9)16)11(14)5-2/h7,14-16H,4-6H2,1-3H3. The van der Waals surface area contributed by atoms with E-state index in [0.29, 0.717) is 29.7 Å². The second kappa shape index (κ2) is 5.01. The largest absolute Gasteiger partial charge is 0.507 e. The van der Waals surface area contributed by atoms with Crippen LogP contribution in [-0.4, -0.2) is 15.9 Å². The Kier molecular flexibility index (Phi) is 3.93. The highest BCUT2D eigenvalue weighted by Crippen LogP contribution is 2.35. The quantitative estimate of drug-likeness (QED) is 0.684. The summed E-state index contributed by atoms with van der Waals surface area (Å²) in [5.74, 6) is 0.226. The first-order valence-electron chi connectivity index (χ1n) is 5.65. The van der Waals surface area contributed by atoms with Crippen molar-refractivity contribution >= 4 is 5.71 Å². The third-order valence-electron chi connectivity index (χ3n) is 2.74. The van der Waals surface area contributed by atoms with Crippen molar-refractivity contribution in [3.05, 3.63) is 22.8 Å². The average molecular weight is 221 g/mol. The minimum Gasteiger partial charge on any atom is -0.507 e. The molecule has 0 unspecified atom stereocenters. The van der Waals surface area contributed by atoms with Crippen LogP contribution in [0.1, 0.15) is 43.4 Å². The number of nitrogens with one attached hydrogen (secondary N) is 1. The van der Waals surface area contributed by atoms with Crippen molar-refractivity contribution in [2.24, 2.45) is 0 Å². The van der Waals surface area contributed by atoms with Crippen molar-refractivity contribution in [3.8, 4) is 11.5 Å². The molecule has 88 valence electrons. The molecule has 0 aromatic heterocycles. The molecule has 0 saturated heterocycles. The maximum absolute atomic E-state index is 10.0. The molecule has 16 heavy (non-hydrogen) atoms. The van der Waals surface area contributed by atoms with E-state index in [1.807, 2.05) is 13.8 Å². The molecule has 0 radical (unpaired) electrons. The lowest BCUT2D eigenvalue weighted by Gasteiger charge is -2.13. The smallest absolute Gasteiger partial charge is 0.131 e. The molecular formula is C13H19NO2. The van der Waals surface area contributed by atoms with Crippen molar-refractivity contribution in [3.63, 3.8) is 0 Å². The number of aromatic hydroxyl groups is 2. The van der Waals surface area contributed by atoms with E-state index >= 15 is 0 Å². The number of hydrogen-bond donors (Lipinski definition) is 3. The highest BCUT2D eigenvalue weighted by Gasteiger charge is 2.16. The van der Waals surface area contributed by atoms with Gasteiger partial charge in [-0.25, -0.2) is 0 Å². The summed E-state index contributed by atoms with van der Waals surface area (Å²) >= 11 is 0. The zero-order valence-electron chi connectivity index (χ0n) is 10.1. The molecule has 0 aliphatic heterocycles. The third-order valence-corrected chi connectivity index (χ3v) is 2.74. The van der Waals surface area contributed by atoms with Crippen LogP contribution in [0.5, 0.6) is 11.5 Å². The zero-order valence-corrected chi connectivity index (χ0v) is 10.1. The van der Waals surface area contributed by atoms with Gasteiger partial charge in [0.25, 0.3) is 0 Å². The Morgan fingerprint density at radius 1 is 1.25 bits per heavy atom. The van der Waals surface area contributed by atoms with Crippen LogP contribution in [0.15, 0.2) is 6.07 Å². The maximum atomic E-state index is 10.0. The summed E-state index contributed by atoms with van der Waals surface area (Å²) in [6, 6.07) is 1.68.